The van der Waals surface area contributed by atoms with E-state index in [1.807, 2.05) is 88.1 Å². The fourth-order valence-electron chi connectivity index (χ4n) is 5.09. The van der Waals surface area contributed by atoms with Crippen LogP contribution in [0.25, 0.3) is 10.9 Å². The van der Waals surface area contributed by atoms with Gasteiger partial charge in [-0.05, 0) is 61.4 Å². The van der Waals surface area contributed by atoms with Crippen molar-refractivity contribution in [1.82, 2.24) is 19.2 Å². The van der Waals surface area contributed by atoms with Crippen LogP contribution in [0, 0.1) is 0 Å². The number of hydrogen-bond donors (Lipinski definition) is 1. The van der Waals surface area contributed by atoms with Crippen LogP contribution in [-0.2, 0) is 7.05 Å². The number of likely N-dealkylation sites (tertiary alicyclic amines) is 1. The number of nitrogens with one attached hydrogen (secondary N) is 1. The fraction of sp³-hybridized carbons (Fsp3) is 0.194. The van der Waals surface area contributed by atoms with Crippen LogP contribution in [0.2, 0.25) is 0 Å². The number of amides is 2. The first-order valence-corrected chi connectivity index (χ1v) is 13.1. The largest absolute Gasteiger partial charge is 0.457 e. The Morgan fingerprint density at radius 1 is 0.897 bits per heavy atom. The molecule has 0 spiro atoms. The maximum atomic E-state index is 13.2. The van der Waals surface area contributed by atoms with Gasteiger partial charge in [-0.2, -0.15) is 5.10 Å². The second-order valence-electron chi connectivity index (χ2n) is 9.77. The second kappa shape index (κ2) is 10.5. The predicted octanol–water partition coefficient (Wildman–Crippen LogP) is 5.90. The highest BCUT2D eigenvalue weighted by atomic mass is 16.5. The summed E-state index contributed by atoms with van der Waals surface area (Å²) >= 11 is 0. The van der Waals surface area contributed by atoms with Crippen molar-refractivity contribution < 1.29 is 14.3 Å². The lowest BCUT2D eigenvalue weighted by Gasteiger charge is -2.32. The van der Waals surface area contributed by atoms with Gasteiger partial charge in [0.1, 0.15) is 17.2 Å². The van der Waals surface area contributed by atoms with Crippen LogP contribution in [0.15, 0.2) is 97.3 Å². The summed E-state index contributed by atoms with van der Waals surface area (Å²) in [7, 11) is 1.94. The monoisotopic (exact) mass is 519 g/mol. The van der Waals surface area contributed by atoms with Gasteiger partial charge >= 0.3 is 0 Å². The van der Waals surface area contributed by atoms with Gasteiger partial charge in [0.2, 0.25) is 0 Å². The van der Waals surface area contributed by atoms with Crippen molar-refractivity contribution in [2.75, 3.05) is 18.4 Å². The molecule has 2 aromatic heterocycles. The quantitative estimate of drug-likeness (QED) is 0.303. The average molecular weight is 520 g/mol. The first kappa shape index (κ1) is 24.5. The lowest BCUT2D eigenvalue weighted by Crippen LogP contribution is -2.39. The van der Waals surface area contributed by atoms with Crippen LogP contribution >= 0.6 is 0 Å². The smallest absolute Gasteiger partial charge is 0.270 e. The molecule has 1 aliphatic heterocycles. The molecule has 3 aromatic carbocycles. The molecule has 0 saturated carbocycles. The van der Waals surface area contributed by atoms with Crippen LogP contribution in [0.3, 0.4) is 0 Å². The summed E-state index contributed by atoms with van der Waals surface area (Å²) < 4.78 is 9.66. The third-order valence-electron chi connectivity index (χ3n) is 7.25. The van der Waals surface area contributed by atoms with E-state index in [0.717, 1.165) is 29.5 Å². The number of aromatic nitrogens is 3. The van der Waals surface area contributed by atoms with E-state index in [2.05, 4.69) is 10.4 Å². The highest BCUT2D eigenvalue weighted by Gasteiger charge is 2.27. The lowest BCUT2D eigenvalue weighted by atomic mass is 10.0. The van der Waals surface area contributed by atoms with E-state index in [4.69, 9.17) is 4.74 Å². The summed E-state index contributed by atoms with van der Waals surface area (Å²) in [6.07, 6.45) is 5.12. The second-order valence-corrected chi connectivity index (χ2v) is 9.77. The van der Waals surface area contributed by atoms with E-state index in [1.54, 1.807) is 30.5 Å². The van der Waals surface area contributed by atoms with Gasteiger partial charge in [-0.3, -0.25) is 14.3 Å². The number of carbonyl (C=O) groups is 2. The minimum Gasteiger partial charge on any atom is -0.457 e. The Kier molecular flexibility index (Phi) is 6.59. The van der Waals surface area contributed by atoms with Gasteiger partial charge in [0.25, 0.3) is 11.8 Å². The zero-order valence-corrected chi connectivity index (χ0v) is 21.7. The molecule has 0 atom stereocenters. The molecule has 8 heteroatoms. The normalized spacial score (nSPS) is 13.9. The molecule has 8 nitrogen and oxygen atoms in total. The number of rotatable bonds is 6. The molecule has 6 rings (SSSR count). The Bertz CT molecular complexity index is 1610. The van der Waals surface area contributed by atoms with Crippen molar-refractivity contribution in [2.24, 2.45) is 7.05 Å². The van der Waals surface area contributed by atoms with Crippen molar-refractivity contribution >= 4 is 28.4 Å². The third-order valence-corrected chi connectivity index (χ3v) is 7.25. The SMILES string of the molecule is Cn1c(C(=O)N2CCC(n3cc(NC(=O)c4ccc(Oc5ccccc5)cc4)cn3)CC2)cc2ccccc21. The number of carbonyl (C=O) groups excluding carboxylic acids is 2. The van der Waals surface area contributed by atoms with Gasteiger partial charge in [-0.25, -0.2) is 0 Å². The summed E-state index contributed by atoms with van der Waals surface area (Å²) in [6, 6.07) is 26.7. The van der Waals surface area contributed by atoms with Gasteiger partial charge in [0.05, 0.1) is 17.9 Å². The minimum atomic E-state index is -0.212. The summed E-state index contributed by atoms with van der Waals surface area (Å²) in [5.74, 6) is 1.25. The van der Waals surface area contributed by atoms with Gasteiger partial charge in [0, 0.05) is 42.8 Å². The molecule has 196 valence electrons. The topological polar surface area (TPSA) is 81.4 Å². The van der Waals surface area contributed by atoms with Crippen molar-refractivity contribution in [3.05, 3.63) is 109 Å². The van der Waals surface area contributed by atoms with Crippen molar-refractivity contribution in [1.29, 1.82) is 0 Å². The lowest BCUT2D eigenvalue weighted by molar-refractivity contribution is 0.0680. The zero-order valence-electron chi connectivity index (χ0n) is 21.7. The maximum absolute atomic E-state index is 13.2. The summed E-state index contributed by atoms with van der Waals surface area (Å²) in [6.45, 7) is 1.31. The van der Waals surface area contributed by atoms with Gasteiger partial charge in [-0.1, -0.05) is 36.4 Å². The Morgan fingerprint density at radius 2 is 1.59 bits per heavy atom. The number of nitrogens with zero attached hydrogens (tertiary/aromatic N) is 4. The maximum Gasteiger partial charge on any atom is 0.270 e. The molecule has 1 N–H and O–H groups in total. The van der Waals surface area contributed by atoms with Crippen molar-refractivity contribution in [2.45, 2.75) is 18.9 Å². The van der Waals surface area contributed by atoms with E-state index in [-0.39, 0.29) is 17.9 Å². The summed E-state index contributed by atoms with van der Waals surface area (Å²) in [5.41, 5.74) is 2.93. The van der Waals surface area contributed by atoms with Gasteiger partial charge in [-0.15, -0.1) is 0 Å². The molecular formula is C31H29N5O3. The standard InChI is InChI=1S/C31H29N5O3/c1-34-28-10-6-5-7-23(28)19-29(34)31(38)35-17-15-25(16-18-35)36-21-24(20-32-36)33-30(37)22-11-13-27(14-12-22)39-26-8-3-2-4-9-26/h2-14,19-21,25H,15-18H2,1H3,(H,33,37). The molecule has 1 fully saturated rings. The first-order chi connectivity index (χ1) is 19.0. The number of ether oxygens (including phenoxy) is 1. The van der Waals surface area contributed by atoms with Crippen LogP contribution < -0.4 is 10.1 Å². The van der Waals surface area contributed by atoms with E-state index in [9.17, 15) is 9.59 Å². The van der Waals surface area contributed by atoms with Crippen LogP contribution in [-0.4, -0.2) is 44.2 Å². The van der Waals surface area contributed by atoms with Gasteiger partial charge in [0.15, 0.2) is 0 Å². The molecule has 5 aromatic rings. The summed E-state index contributed by atoms with van der Waals surface area (Å²) in [5, 5.41) is 8.49. The Morgan fingerprint density at radius 3 is 2.33 bits per heavy atom. The summed E-state index contributed by atoms with van der Waals surface area (Å²) in [4.78, 5) is 27.9. The molecule has 0 radical (unpaired) electrons. The van der Waals surface area contributed by atoms with Crippen LogP contribution in [0.1, 0.15) is 39.7 Å². The minimum absolute atomic E-state index is 0.0563. The molecule has 1 saturated heterocycles. The molecule has 1 aliphatic rings. The number of anilines is 1. The van der Waals surface area contributed by atoms with E-state index in [0.29, 0.717) is 35.8 Å². The van der Waals surface area contributed by atoms with Gasteiger partial charge < -0.3 is 19.5 Å². The molecule has 0 unspecified atom stereocenters. The number of fused-ring (bicyclic) bond motifs is 1. The highest BCUT2D eigenvalue weighted by Crippen LogP contribution is 2.26. The average Bonchev–Trinajstić information content (AvgIpc) is 3.58. The Hall–Kier alpha value is -4.85. The Balaban J connectivity index is 1.04. The highest BCUT2D eigenvalue weighted by molar-refractivity contribution is 6.04. The number of aryl methyl sites for hydroxylation is 1. The molecule has 0 bridgehead atoms. The third kappa shape index (κ3) is 5.13. The number of piperidine rings is 1. The van der Waals surface area contributed by atoms with Crippen molar-refractivity contribution in [3.63, 3.8) is 0 Å². The van der Waals surface area contributed by atoms with E-state index < -0.39 is 0 Å². The van der Waals surface area contributed by atoms with Crippen molar-refractivity contribution in [3.8, 4) is 11.5 Å². The number of benzene rings is 3. The van der Waals surface area contributed by atoms with E-state index >= 15 is 0 Å². The molecule has 39 heavy (non-hydrogen) atoms. The predicted molar refractivity (Wildman–Crippen MR) is 150 cm³/mol. The fourth-order valence-corrected chi connectivity index (χ4v) is 5.09. The number of hydrogen-bond acceptors (Lipinski definition) is 4. The first-order valence-electron chi connectivity index (χ1n) is 13.1. The number of para-hydroxylation sites is 2. The van der Waals surface area contributed by atoms with E-state index in [1.165, 1.54) is 0 Å². The molecule has 0 aliphatic carbocycles. The molecule has 2 amide bonds. The zero-order chi connectivity index (χ0) is 26.8. The molecular weight excluding hydrogens is 490 g/mol. The Labute approximate surface area is 226 Å². The van der Waals surface area contributed by atoms with Crippen LogP contribution in [0.4, 0.5) is 5.69 Å². The molecule has 3 heterocycles. The van der Waals surface area contributed by atoms with Crippen LogP contribution in [0.5, 0.6) is 11.5 Å².